The lowest BCUT2D eigenvalue weighted by Gasteiger charge is -2.23. The van der Waals surface area contributed by atoms with Crippen molar-refractivity contribution in [3.63, 3.8) is 0 Å². The van der Waals surface area contributed by atoms with Crippen LogP contribution < -0.4 is 4.72 Å². The van der Waals surface area contributed by atoms with Crippen molar-refractivity contribution < 1.29 is 17.9 Å². The molecule has 0 aliphatic carbocycles. The molecule has 0 aliphatic heterocycles. The Kier molecular flexibility index (Phi) is 5.91. The molecule has 0 bridgehead atoms. The maximum atomic E-state index is 11.7. The minimum atomic E-state index is -3.64. The Morgan fingerprint density at radius 2 is 1.88 bits per heavy atom. The zero-order valence-electron chi connectivity index (χ0n) is 10.4. The van der Waals surface area contributed by atoms with E-state index in [-0.39, 0.29) is 12.6 Å². The van der Waals surface area contributed by atoms with Crippen molar-refractivity contribution in [3.8, 4) is 0 Å². The van der Waals surface area contributed by atoms with Gasteiger partial charge >= 0.3 is 5.97 Å². The Bertz CT molecular complexity index is 326. The van der Waals surface area contributed by atoms with Crippen molar-refractivity contribution in [1.29, 1.82) is 0 Å². The topological polar surface area (TPSA) is 75.7 Å². The minimum absolute atomic E-state index is 0.174. The highest BCUT2D eigenvalue weighted by Crippen LogP contribution is 2.02. The molecule has 0 aromatic carbocycles. The van der Waals surface area contributed by atoms with Gasteiger partial charge in [-0.05, 0) is 27.7 Å². The first-order valence-electron chi connectivity index (χ1n) is 5.14. The van der Waals surface area contributed by atoms with Gasteiger partial charge in [0.15, 0.2) is 0 Å². The van der Waals surface area contributed by atoms with Crippen molar-refractivity contribution in [2.24, 2.45) is 0 Å². The number of nitrogens with one attached hydrogen (secondary N) is 1. The Labute approximate surface area is 97.1 Å². The lowest BCUT2D eigenvalue weighted by Crippen LogP contribution is -2.48. The summed E-state index contributed by atoms with van der Waals surface area (Å²) in [6, 6.07) is -1.06. The first-order chi connectivity index (χ1) is 7.22. The highest BCUT2D eigenvalue weighted by atomic mass is 32.2. The van der Waals surface area contributed by atoms with Gasteiger partial charge in [0.1, 0.15) is 6.04 Å². The molecule has 0 aliphatic rings. The SMILES string of the molecule is CCOC(=O)C(C)NS(=O)(=O)N(C)C(C)C. The predicted molar refractivity (Wildman–Crippen MR) is 61.0 cm³/mol. The van der Waals surface area contributed by atoms with Crippen LogP contribution in [0.2, 0.25) is 0 Å². The Morgan fingerprint density at radius 1 is 1.38 bits per heavy atom. The Hall–Kier alpha value is -0.660. The summed E-state index contributed by atoms with van der Waals surface area (Å²) in [5.74, 6) is -0.580. The maximum Gasteiger partial charge on any atom is 0.323 e. The summed E-state index contributed by atoms with van der Waals surface area (Å²) >= 11 is 0. The van der Waals surface area contributed by atoms with E-state index in [0.29, 0.717) is 0 Å². The number of carbonyl (C=O) groups excluding carboxylic acids is 1. The van der Waals surface area contributed by atoms with Gasteiger partial charge < -0.3 is 4.74 Å². The van der Waals surface area contributed by atoms with E-state index < -0.39 is 22.2 Å². The summed E-state index contributed by atoms with van der Waals surface area (Å²) < 4.78 is 31.5. The Morgan fingerprint density at radius 3 is 2.25 bits per heavy atom. The molecule has 0 aromatic heterocycles. The fourth-order valence-electron chi connectivity index (χ4n) is 0.899. The number of nitrogens with zero attached hydrogens (tertiary/aromatic N) is 1. The van der Waals surface area contributed by atoms with E-state index in [1.807, 2.05) is 0 Å². The third kappa shape index (κ3) is 4.46. The van der Waals surface area contributed by atoms with Gasteiger partial charge in [0.05, 0.1) is 6.61 Å². The van der Waals surface area contributed by atoms with Crippen LogP contribution in [0.1, 0.15) is 27.7 Å². The first-order valence-corrected chi connectivity index (χ1v) is 6.58. The number of hydrogen-bond donors (Lipinski definition) is 1. The molecule has 1 N–H and O–H groups in total. The summed E-state index contributed by atoms with van der Waals surface area (Å²) in [7, 11) is -2.19. The van der Waals surface area contributed by atoms with Crippen LogP contribution >= 0.6 is 0 Å². The molecule has 0 spiro atoms. The van der Waals surface area contributed by atoms with Crippen LogP contribution in [0.3, 0.4) is 0 Å². The zero-order valence-corrected chi connectivity index (χ0v) is 11.2. The summed E-state index contributed by atoms with van der Waals surface area (Å²) in [6.45, 7) is 6.83. The van der Waals surface area contributed by atoms with Crippen molar-refractivity contribution in [2.45, 2.75) is 39.8 Å². The second-order valence-electron chi connectivity index (χ2n) is 3.71. The molecule has 0 fully saturated rings. The van der Waals surface area contributed by atoms with Crippen LogP contribution in [0, 0.1) is 0 Å². The lowest BCUT2D eigenvalue weighted by atomic mass is 10.4. The van der Waals surface area contributed by atoms with E-state index in [0.717, 1.165) is 4.31 Å². The molecule has 1 atom stereocenters. The van der Waals surface area contributed by atoms with E-state index in [9.17, 15) is 13.2 Å². The molecule has 7 heteroatoms. The highest BCUT2D eigenvalue weighted by Gasteiger charge is 2.26. The minimum Gasteiger partial charge on any atom is -0.465 e. The Balaban J connectivity index is 4.54. The summed E-state index contributed by atoms with van der Waals surface area (Å²) in [4.78, 5) is 11.2. The highest BCUT2D eigenvalue weighted by molar-refractivity contribution is 7.87. The van der Waals surface area contributed by atoms with Gasteiger partial charge in [0.25, 0.3) is 10.2 Å². The van der Waals surface area contributed by atoms with E-state index in [1.54, 1.807) is 20.8 Å². The normalized spacial score (nSPS) is 14.2. The monoisotopic (exact) mass is 252 g/mol. The molecule has 1 unspecified atom stereocenters. The van der Waals surface area contributed by atoms with Crippen LogP contribution in [0.5, 0.6) is 0 Å². The first kappa shape index (κ1) is 15.3. The maximum absolute atomic E-state index is 11.7. The van der Waals surface area contributed by atoms with Crippen LogP contribution in [-0.2, 0) is 19.7 Å². The summed E-state index contributed by atoms with van der Waals surface area (Å²) in [5, 5.41) is 0. The van der Waals surface area contributed by atoms with E-state index >= 15 is 0 Å². The summed E-state index contributed by atoms with van der Waals surface area (Å²) in [5.41, 5.74) is 0. The second-order valence-corrected chi connectivity index (χ2v) is 5.47. The van der Waals surface area contributed by atoms with E-state index in [2.05, 4.69) is 4.72 Å². The smallest absolute Gasteiger partial charge is 0.323 e. The van der Waals surface area contributed by atoms with Crippen molar-refractivity contribution in [2.75, 3.05) is 13.7 Å². The molecule has 0 saturated heterocycles. The molecule has 16 heavy (non-hydrogen) atoms. The van der Waals surface area contributed by atoms with Gasteiger partial charge in [-0.1, -0.05) is 0 Å². The fraction of sp³-hybridized carbons (Fsp3) is 0.889. The van der Waals surface area contributed by atoms with E-state index in [4.69, 9.17) is 4.74 Å². The van der Waals surface area contributed by atoms with Gasteiger partial charge in [-0.3, -0.25) is 4.79 Å². The van der Waals surface area contributed by atoms with Gasteiger partial charge in [-0.2, -0.15) is 17.4 Å². The molecule has 0 radical (unpaired) electrons. The van der Waals surface area contributed by atoms with Gasteiger partial charge in [0.2, 0.25) is 0 Å². The number of esters is 1. The third-order valence-electron chi connectivity index (χ3n) is 2.07. The van der Waals surface area contributed by atoms with Crippen molar-refractivity contribution >= 4 is 16.2 Å². The third-order valence-corrected chi connectivity index (χ3v) is 3.90. The van der Waals surface area contributed by atoms with Gasteiger partial charge in [-0.25, -0.2) is 0 Å². The quantitative estimate of drug-likeness (QED) is 0.681. The molecule has 0 aromatic rings. The molecular formula is C9H20N2O4S. The van der Waals surface area contributed by atoms with Crippen molar-refractivity contribution in [3.05, 3.63) is 0 Å². The second kappa shape index (κ2) is 6.17. The molecule has 0 saturated carbocycles. The molecular weight excluding hydrogens is 232 g/mol. The van der Waals surface area contributed by atoms with Gasteiger partial charge in [0, 0.05) is 13.1 Å². The molecule has 0 rings (SSSR count). The predicted octanol–water partition coefficient (Wildman–Crippen LogP) is 0.113. The number of carbonyl (C=O) groups is 1. The number of hydrogen-bond acceptors (Lipinski definition) is 4. The van der Waals surface area contributed by atoms with Gasteiger partial charge in [-0.15, -0.1) is 0 Å². The van der Waals surface area contributed by atoms with Crippen molar-refractivity contribution in [1.82, 2.24) is 9.03 Å². The largest absolute Gasteiger partial charge is 0.465 e. The fourth-order valence-corrected chi connectivity index (χ4v) is 2.16. The average molecular weight is 252 g/mol. The zero-order chi connectivity index (χ0) is 12.9. The van der Waals surface area contributed by atoms with Crippen LogP contribution in [0.15, 0.2) is 0 Å². The number of rotatable bonds is 6. The molecule has 0 heterocycles. The molecule has 0 amide bonds. The standard InChI is InChI=1S/C9H20N2O4S/c1-6-15-9(12)8(4)10-16(13,14)11(5)7(2)3/h7-8,10H,6H2,1-5H3. The van der Waals surface area contributed by atoms with Crippen LogP contribution in [0.4, 0.5) is 0 Å². The van der Waals surface area contributed by atoms with E-state index in [1.165, 1.54) is 14.0 Å². The summed E-state index contributed by atoms with van der Waals surface area (Å²) in [6.07, 6.45) is 0. The molecule has 96 valence electrons. The average Bonchev–Trinajstić information content (AvgIpc) is 2.16. The molecule has 6 nitrogen and oxygen atoms in total. The van der Waals surface area contributed by atoms with Crippen LogP contribution in [-0.4, -0.2) is 44.4 Å². The van der Waals surface area contributed by atoms with Crippen LogP contribution in [0.25, 0.3) is 0 Å². The lowest BCUT2D eigenvalue weighted by molar-refractivity contribution is -0.144. The number of ether oxygens (including phenoxy) is 1.